The van der Waals surface area contributed by atoms with Gasteiger partial charge in [-0.15, -0.1) is 0 Å². The molecule has 1 unspecified atom stereocenters. The highest BCUT2D eigenvalue weighted by Crippen LogP contribution is 2.42. The number of hydrogen-bond acceptors (Lipinski definition) is 4. The van der Waals surface area contributed by atoms with Crippen LogP contribution in [0.1, 0.15) is 63.4 Å². The summed E-state index contributed by atoms with van der Waals surface area (Å²) in [5.41, 5.74) is -0.826. The van der Waals surface area contributed by atoms with Crippen LogP contribution in [0.3, 0.4) is 0 Å². The maximum Gasteiger partial charge on any atom is 0.343 e. The normalized spacial score (nSPS) is 24.4. The van der Waals surface area contributed by atoms with Gasteiger partial charge < -0.3 is 19.6 Å². The second-order valence-electron chi connectivity index (χ2n) is 9.91. The molecular formula is C25H41N2O3+. The molecule has 168 valence electrons. The molecule has 0 aromatic heterocycles. The predicted octanol–water partition coefficient (Wildman–Crippen LogP) is 3.61. The predicted molar refractivity (Wildman–Crippen MR) is 120 cm³/mol. The van der Waals surface area contributed by atoms with Gasteiger partial charge in [0, 0.05) is 18.8 Å². The van der Waals surface area contributed by atoms with Crippen molar-refractivity contribution in [1.29, 1.82) is 0 Å². The maximum absolute atomic E-state index is 13.0. The van der Waals surface area contributed by atoms with Crippen LogP contribution in [0, 0.1) is 5.92 Å². The van der Waals surface area contributed by atoms with Crippen LogP contribution in [0.15, 0.2) is 30.3 Å². The van der Waals surface area contributed by atoms with Crippen molar-refractivity contribution in [3.8, 4) is 0 Å². The second-order valence-corrected chi connectivity index (χ2v) is 9.91. The molecule has 1 saturated carbocycles. The van der Waals surface area contributed by atoms with Gasteiger partial charge in [0.05, 0.1) is 27.2 Å². The van der Waals surface area contributed by atoms with E-state index in [2.05, 4.69) is 19.4 Å². The first kappa shape index (κ1) is 23.2. The number of likely N-dealkylation sites (tertiary alicyclic amines) is 1. The molecule has 1 atom stereocenters. The third-order valence-electron chi connectivity index (χ3n) is 7.06. The van der Waals surface area contributed by atoms with Gasteiger partial charge in [0.15, 0.2) is 5.60 Å². The molecule has 0 spiro atoms. The van der Waals surface area contributed by atoms with E-state index in [4.69, 9.17) is 4.74 Å². The summed E-state index contributed by atoms with van der Waals surface area (Å²) in [6, 6.07) is 9.36. The molecule has 1 aromatic carbocycles. The molecule has 2 saturated heterocycles. The highest BCUT2D eigenvalue weighted by Gasteiger charge is 2.48. The maximum atomic E-state index is 13.0. The molecule has 5 heteroatoms. The number of piperidine rings is 2. The van der Waals surface area contributed by atoms with Crippen LogP contribution >= 0.6 is 0 Å². The van der Waals surface area contributed by atoms with Gasteiger partial charge in [-0.05, 0) is 44.3 Å². The standard InChI is InChI=1S/C20H30NO3.C5H11N/c1-21(2)14-12-18(13-15-21)24-19(22)20(23,17-10-6-7-11-17)16-8-4-3-5-9-16;1-2-4-6-5-3-1/h3-5,8-9,17-18,23H,6-7,10-15H2,1-2H3;6H,1-5H2/q+1;. The molecule has 0 radical (unpaired) electrons. The summed E-state index contributed by atoms with van der Waals surface area (Å²) in [4.78, 5) is 13.0. The van der Waals surface area contributed by atoms with Crippen molar-refractivity contribution in [2.24, 2.45) is 5.92 Å². The first-order valence-electron chi connectivity index (χ1n) is 11.9. The smallest absolute Gasteiger partial charge is 0.343 e. The third-order valence-corrected chi connectivity index (χ3v) is 7.06. The lowest BCUT2D eigenvalue weighted by molar-refractivity contribution is -0.896. The minimum Gasteiger partial charge on any atom is -0.460 e. The lowest BCUT2D eigenvalue weighted by Gasteiger charge is -2.38. The largest absolute Gasteiger partial charge is 0.460 e. The summed E-state index contributed by atoms with van der Waals surface area (Å²) in [5.74, 6) is -0.485. The Morgan fingerprint density at radius 3 is 2.07 bits per heavy atom. The number of carbonyl (C=O) groups is 1. The second kappa shape index (κ2) is 10.7. The number of carbonyl (C=O) groups excluding carboxylic acids is 1. The Balaban J connectivity index is 0.000000367. The quantitative estimate of drug-likeness (QED) is 0.580. The van der Waals surface area contributed by atoms with Gasteiger partial charge in [0.1, 0.15) is 6.10 Å². The van der Waals surface area contributed by atoms with Crippen LogP contribution in [0.4, 0.5) is 0 Å². The monoisotopic (exact) mass is 417 g/mol. The zero-order valence-electron chi connectivity index (χ0n) is 18.9. The molecule has 4 rings (SSSR count). The average Bonchev–Trinajstić information content (AvgIpc) is 3.32. The van der Waals surface area contributed by atoms with E-state index in [1.807, 2.05) is 30.3 Å². The van der Waals surface area contributed by atoms with Crippen molar-refractivity contribution in [2.45, 2.75) is 69.5 Å². The van der Waals surface area contributed by atoms with Crippen molar-refractivity contribution in [2.75, 3.05) is 40.3 Å². The Bertz CT molecular complexity index is 632. The van der Waals surface area contributed by atoms with Crippen LogP contribution in [0.5, 0.6) is 0 Å². The summed E-state index contributed by atoms with van der Waals surface area (Å²) in [6.07, 6.45) is 9.80. The van der Waals surface area contributed by atoms with Gasteiger partial charge >= 0.3 is 5.97 Å². The number of aliphatic hydroxyl groups is 1. The Kier molecular flexibility index (Phi) is 8.32. The first-order valence-corrected chi connectivity index (χ1v) is 11.9. The van der Waals surface area contributed by atoms with E-state index in [1.54, 1.807) is 0 Å². The lowest BCUT2D eigenvalue weighted by Crippen LogP contribution is -2.50. The van der Waals surface area contributed by atoms with E-state index in [9.17, 15) is 9.90 Å². The van der Waals surface area contributed by atoms with E-state index >= 15 is 0 Å². The lowest BCUT2D eigenvalue weighted by atomic mass is 9.80. The molecule has 0 amide bonds. The molecule has 3 aliphatic rings. The Morgan fingerprint density at radius 1 is 0.967 bits per heavy atom. The average molecular weight is 418 g/mol. The highest BCUT2D eigenvalue weighted by molar-refractivity contribution is 5.81. The number of nitrogens with zero attached hydrogens (tertiary/aromatic N) is 1. The van der Waals surface area contributed by atoms with Gasteiger partial charge in [-0.25, -0.2) is 4.79 Å². The SMILES string of the molecule is C1CCNCC1.C[N+]1(C)CCC(OC(=O)C(O)(c2ccccc2)C2CCCC2)CC1. The van der Waals surface area contributed by atoms with Gasteiger partial charge in [-0.3, -0.25) is 0 Å². The van der Waals surface area contributed by atoms with Gasteiger partial charge in [-0.1, -0.05) is 49.6 Å². The molecular weight excluding hydrogens is 376 g/mol. The van der Waals surface area contributed by atoms with Crippen molar-refractivity contribution in [1.82, 2.24) is 5.32 Å². The zero-order valence-corrected chi connectivity index (χ0v) is 18.9. The number of esters is 1. The fourth-order valence-corrected chi connectivity index (χ4v) is 4.96. The topological polar surface area (TPSA) is 58.6 Å². The number of ether oxygens (including phenoxy) is 1. The fourth-order valence-electron chi connectivity index (χ4n) is 4.96. The molecule has 5 nitrogen and oxygen atoms in total. The fraction of sp³-hybridized carbons (Fsp3) is 0.720. The molecule has 3 fully saturated rings. The van der Waals surface area contributed by atoms with Gasteiger partial charge in [0.2, 0.25) is 0 Å². The number of quaternary nitrogens is 1. The van der Waals surface area contributed by atoms with E-state index < -0.39 is 11.6 Å². The summed E-state index contributed by atoms with van der Waals surface area (Å²) in [5, 5.41) is 14.7. The summed E-state index contributed by atoms with van der Waals surface area (Å²) in [7, 11) is 4.41. The van der Waals surface area contributed by atoms with Gasteiger partial charge in [-0.2, -0.15) is 0 Å². The van der Waals surface area contributed by atoms with Crippen molar-refractivity contribution in [3.63, 3.8) is 0 Å². The molecule has 2 heterocycles. The van der Waals surface area contributed by atoms with E-state index in [1.165, 1.54) is 32.4 Å². The van der Waals surface area contributed by atoms with Crippen LogP contribution in [-0.2, 0) is 15.1 Å². The van der Waals surface area contributed by atoms with Crippen molar-refractivity contribution in [3.05, 3.63) is 35.9 Å². The minimum atomic E-state index is -1.50. The molecule has 30 heavy (non-hydrogen) atoms. The Hall–Kier alpha value is -1.43. The van der Waals surface area contributed by atoms with Crippen molar-refractivity contribution >= 4 is 5.97 Å². The number of benzene rings is 1. The molecule has 1 aromatic rings. The van der Waals surface area contributed by atoms with E-state index in [0.29, 0.717) is 5.56 Å². The highest BCUT2D eigenvalue weighted by atomic mass is 16.6. The summed E-state index contributed by atoms with van der Waals surface area (Å²) < 4.78 is 6.79. The molecule has 2 N–H and O–H groups in total. The molecule has 2 aliphatic heterocycles. The van der Waals surface area contributed by atoms with E-state index in [0.717, 1.165) is 56.1 Å². The molecule has 1 aliphatic carbocycles. The van der Waals surface area contributed by atoms with Crippen LogP contribution in [0.25, 0.3) is 0 Å². The van der Waals surface area contributed by atoms with E-state index in [-0.39, 0.29) is 12.0 Å². The molecule has 0 bridgehead atoms. The minimum absolute atomic E-state index is 0.0387. The zero-order chi connectivity index (χ0) is 21.5. The van der Waals surface area contributed by atoms with Crippen LogP contribution < -0.4 is 5.32 Å². The first-order chi connectivity index (χ1) is 14.4. The van der Waals surface area contributed by atoms with Crippen molar-refractivity contribution < 1.29 is 19.1 Å². The summed E-state index contributed by atoms with van der Waals surface area (Å²) >= 11 is 0. The summed E-state index contributed by atoms with van der Waals surface area (Å²) in [6.45, 7) is 4.51. The Morgan fingerprint density at radius 2 is 1.57 bits per heavy atom. The number of rotatable bonds is 4. The number of nitrogens with one attached hydrogen (secondary N) is 1. The van der Waals surface area contributed by atoms with Crippen LogP contribution in [-0.4, -0.2) is 61.9 Å². The number of hydrogen-bond donors (Lipinski definition) is 2. The van der Waals surface area contributed by atoms with Gasteiger partial charge in [0.25, 0.3) is 0 Å². The third kappa shape index (κ3) is 6.05. The van der Waals surface area contributed by atoms with Crippen LogP contribution in [0.2, 0.25) is 0 Å². The Labute approximate surface area is 182 Å².